The normalized spacial score (nSPS) is 21.7. The standard InChI is InChI=1S/C15H20N2O5S/c1-17(12-5-3-4-6-13(12)23(2,21)22)14(18)10-7-8-11(15(19)20)16-9-10/h7-9,12-13H,3-6H2,1-2H3,(H,19,20)/t12-,13-/m0/s1. The number of pyridine rings is 1. The van der Waals surface area contributed by atoms with Crippen LogP contribution in [0.25, 0.3) is 0 Å². The molecule has 0 bridgehead atoms. The lowest BCUT2D eigenvalue weighted by atomic mass is 9.93. The van der Waals surface area contributed by atoms with Gasteiger partial charge in [0, 0.05) is 25.5 Å². The predicted octanol–water partition coefficient (Wildman–Crippen LogP) is 1.21. The second kappa shape index (κ2) is 6.66. The van der Waals surface area contributed by atoms with Crippen molar-refractivity contribution in [3.05, 3.63) is 29.6 Å². The molecule has 0 radical (unpaired) electrons. The molecule has 2 rings (SSSR count). The minimum Gasteiger partial charge on any atom is -0.477 e. The molecule has 1 aliphatic rings. The van der Waals surface area contributed by atoms with Gasteiger partial charge in [-0.1, -0.05) is 12.8 Å². The van der Waals surface area contributed by atoms with Crippen LogP contribution in [-0.2, 0) is 9.84 Å². The van der Waals surface area contributed by atoms with E-state index in [0.29, 0.717) is 12.8 Å². The number of amides is 1. The summed E-state index contributed by atoms with van der Waals surface area (Å²) >= 11 is 0. The molecule has 1 aliphatic carbocycles. The Bertz CT molecular complexity index is 699. The maximum Gasteiger partial charge on any atom is 0.354 e. The highest BCUT2D eigenvalue weighted by Crippen LogP contribution is 2.28. The number of carboxylic acid groups (broad SMARTS) is 1. The van der Waals surface area contributed by atoms with E-state index >= 15 is 0 Å². The molecule has 1 aromatic rings. The van der Waals surface area contributed by atoms with Crippen molar-refractivity contribution in [3.63, 3.8) is 0 Å². The third-order valence-corrected chi connectivity index (χ3v) is 5.91. The second-order valence-corrected chi connectivity index (χ2v) is 8.14. The molecule has 1 saturated carbocycles. The van der Waals surface area contributed by atoms with Crippen LogP contribution >= 0.6 is 0 Å². The molecule has 126 valence electrons. The minimum atomic E-state index is -3.24. The van der Waals surface area contributed by atoms with Gasteiger partial charge in [-0.15, -0.1) is 0 Å². The summed E-state index contributed by atoms with van der Waals surface area (Å²) in [5.74, 6) is -1.52. The smallest absolute Gasteiger partial charge is 0.354 e. The number of carboxylic acids is 1. The fourth-order valence-corrected chi connectivity index (χ4v) is 4.51. The fraction of sp³-hybridized carbons (Fsp3) is 0.533. The summed E-state index contributed by atoms with van der Waals surface area (Å²) in [7, 11) is -1.66. The van der Waals surface area contributed by atoms with Crippen molar-refractivity contribution in [2.24, 2.45) is 0 Å². The summed E-state index contributed by atoms with van der Waals surface area (Å²) in [5.41, 5.74) is 0.103. The highest BCUT2D eigenvalue weighted by molar-refractivity contribution is 7.91. The molecule has 2 atom stereocenters. The molecule has 1 N–H and O–H groups in total. The van der Waals surface area contributed by atoms with Crippen LogP contribution < -0.4 is 0 Å². The third-order valence-electron chi connectivity index (χ3n) is 4.26. The Morgan fingerprint density at radius 1 is 1.26 bits per heavy atom. The Morgan fingerprint density at radius 3 is 2.43 bits per heavy atom. The van der Waals surface area contributed by atoms with Gasteiger partial charge in [0.05, 0.1) is 10.8 Å². The van der Waals surface area contributed by atoms with Crippen LogP contribution in [0.5, 0.6) is 0 Å². The van der Waals surface area contributed by atoms with Crippen molar-refractivity contribution in [3.8, 4) is 0 Å². The van der Waals surface area contributed by atoms with Crippen molar-refractivity contribution >= 4 is 21.7 Å². The Hall–Kier alpha value is -1.96. The minimum absolute atomic E-state index is 0.143. The number of hydrogen-bond donors (Lipinski definition) is 1. The third kappa shape index (κ3) is 3.87. The number of carbonyl (C=O) groups is 2. The van der Waals surface area contributed by atoms with Crippen LogP contribution in [0.2, 0.25) is 0 Å². The zero-order chi connectivity index (χ0) is 17.2. The molecule has 0 aromatic carbocycles. The maximum atomic E-state index is 12.5. The van der Waals surface area contributed by atoms with Crippen molar-refractivity contribution in [1.82, 2.24) is 9.88 Å². The van der Waals surface area contributed by atoms with Gasteiger partial charge < -0.3 is 10.0 Å². The molecule has 0 aliphatic heterocycles. The van der Waals surface area contributed by atoms with Gasteiger partial charge in [0.25, 0.3) is 5.91 Å². The zero-order valence-electron chi connectivity index (χ0n) is 13.1. The first-order valence-electron chi connectivity index (χ1n) is 7.37. The Balaban J connectivity index is 2.22. The molecule has 7 nitrogen and oxygen atoms in total. The van der Waals surface area contributed by atoms with Crippen LogP contribution in [0.15, 0.2) is 18.3 Å². The second-order valence-electron chi connectivity index (χ2n) is 5.87. The van der Waals surface area contributed by atoms with Crippen molar-refractivity contribution < 1.29 is 23.1 Å². The highest BCUT2D eigenvalue weighted by atomic mass is 32.2. The lowest BCUT2D eigenvalue weighted by molar-refractivity contribution is 0.0679. The van der Waals surface area contributed by atoms with E-state index < -0.39 is 21.1 Å². The molecule has 1 amide bonds. The molecule has 1 heterocycles. The number of nitrogens with zero attached hydrogens (tertiary/aromatic N) is 2. The Labute approximate surface area is 135 Å². The molecular weight excluding hydrogens is 320 g/mol. The molecule has 0 spiro atoms. The number of rotatable bonds is 4. The van der Waals surface area contributed by atoms with Gasteiger partial charge in [0.15, 0.2) is 9.84 Å². The van der Waals surface area contributed by atoms with Crippen LogP contribution in [0, 0.1) is 0 Å². The van der Waals surface area contributed by atoms with Crippen LogP contribution in [0.4, 0.5) is 0 Å². The summed E-state index contributed by atoms with van der Waals surface area (Å²) in [6.07, 6.45) is 5.33. The molecule has 1 fully saturated rings. The zero-order valence-corrected chi connectivity index (χ0v) is 13.9. The lowest BCUT2D eigenvalue weighted by Crippen LogP contribution is -2.49. The molecule has 23 heavy (non-hydrogen) atoms. The van der Waals surface area contributed by atoms with Crippen LogP contribution in [0.3, 0.4) is 0 Å². The number of sulfone groups is 1. The largest absolute Gasteiger partial charge is 0.477 e. The van der Waals surface area contributed by atoms with Crippen molar-refractivity contribution in [2.45, 2.75) is 37.0 Å². The van der Waals surface area contributed by atoms with Gasteiger partial charge in [-0.05, 0) is 25.0 Å². The van der Waals surface area contributed by atoms with E-state index in [9.17, 15) is 18.0 Å². The van der Waals surface area contributed by atoms with Gasteiger partial charge >= 0.3 is 5.97 Å². The van der Waals surface area contributed by atoms with E-state index in [0.717, 1.165) is 12.8 Å². The molecule has 0 saturated heterocycles. The van der Waals surface area contributed by atoms with Gasteiger partial charge in [0.2, 0.25) is 0 Å². The molecule has 8 heteroatoms. The topological polar surface area (TPSA) is 105 Å². The first-order valence-corrected chi connectivity index (χ1v) is 9.32. The first kappa shape index (κ1) is 17.4. The van der Waals surface area contributed by atoms with E-state index in [2.05, 4.69) is 4.98 Å². The van der Waals surface area contributed by atoms with E-state index in [4.69, 9.17) is 5.11 Å². The van der Waals surface area contributed by atoms with Crippen LogP contribution in [-0.4, -0.2) is 59.9 Å². The van der Waals surface area contributed by atoms with Gasteiger partial charge in [-0.2, -0.15) is 0 Å². The monoisotopic (exact) mass is 340 g/mol. The molecule has 0 unspecified atom stereocenters. The summed E-state index contributed by atoms with van der Waals surface area (Å²) < 4.78 is 23.9. The lowest BCUT2D eigenvalue weighted by Gasteiger charge is -2.37. The fourth-order valence-electron chi connectivity index (χ4n) is 3.02. The highest BCUT2D eigenvalue weighted by Gasteiger charge is 2.37. The van der Waals surface area contributed by atoms with Gasteiger partial charge in [-0.3, -0.25) is 4.79 Å². The first-order chi connectivity index (χ1) is 10.7. The number of aromatic carboxylic acids is 1. The van der Waals surface area contributed by atoms with Crippen molar-refractivity contribution in [1.29, 1.82) is 0 Å². The molecular formula is C15H20N2O5S. The number of aromatic nitrogens is 1. The average Bonchev–Trinajstić information content (AvgIpc) is 2.52. The number of hydrogen-bond acceptors (Lipinski definition) is 5. The SMILES string of the molecule is CN(C(=O)c1ccc(C(=O)O)nc1)[C@H]1CCCC[C@@H]1S(C)(=O)=O. The Morgan fingerprint density at radius 2 is 1.91 bits per heavy atom. The summed E-state index contributed by atoms with van der Waals surface area (Å²) in [6.45, 7) is 0. The van der Waals surface area contributed by atoms with Gasteiger partial charge in [0.1, 0.15) is 5.69 Å². The van der Waals surface area contributed by atoms with Crippen molar-refractivity contribution in [2.75, 3.05) is 13.3 Å². The van der Waals surface area contributed by atoms with Crippen LogP contribution in [0.1, 0.15) is 46.5 Å². The summed E-state index contributed by atoms with van der Waals surface area (Å²) in [6, 6.07) is 2.29. The van der Waals surface area contributed by atoms with E-state index in [1.165, 1.54) is 29.5 Å². The van der Waals surface area contributed by atoms with E-state index in [-0.39, 0.29) is 23.2 Å². The Kier molecular flexibility index (Phi) is 5.03. The van der Waals surface area contributed by atoms with E-state index in [1.54, 1.807) is 7.05 Å². The van der Waals surface area contributed by atoms with Gasteiger partial charge in [-0.25, -0.2) is 18.2 Å². The predicted molar refractivity (Wildman–Crippen MR) is 84.2 cm³/mol. The quantitative estimate of drug-likeness (QED) is 0.883. The summed E-state index contributed by atoms with van der Waals surface area (Å²) in [4.78, 5) is 28.5. The molecule has 1 aromatic heterocycles. The van der Waals surface area contributed by atoms with E-state index in [1.807, 2.05) is 0 Å². The maximum absolute atomic E-state index is 12.5. The summed E-state index contributed by atoms with van der Waals surface area (Å²) in [5, 5.41) is 8.27. The number of carbonyl (C=O) groups excluding carboxylic acids is 1. The average molecular weight is 340 g/mol.